The minimum atomic E-state index is -4.78. The number of ether oxygens (including phenoxy) is 1. The molecule has 1 atom stereocenters. The average Bonchev–Trinajstić information content (AvgIpc) is 3.55. The first-order chi connectivity index (χ1) is 18.0. The number of hydrogen-bond donors (Lipinski definition) is 2. The maximum Gasteiger partial charge on any atom is 0.419 e. The van der Waals surface area contributed by atoms with Gasteiger partial charge in [-0.05, 0) is 54.8 Å². The van der Waals surface area contributed by atoms with Crippen LogP contribution in [0.2, 0.25) is 0 Å². The van der Waals surface area contributed by atoms with E-state index in [0.29, 0.717) is 19.4 Å². The van der Waals surface area contributed by atoms with Crippen molar-refractivity contribution < 1.29 is 40.8 Å². The van der Waals surface area contributed by atoms with E-state index in [2.05, 4.69) is 15.3 Å². The molecule has 2 aromatic carbocycles. The van der Waals surface area contributed by atoms with Crippen LogP contribution in [-0.2, 0) is 12.4 Å². The topological polar surface area (TPSA) is 110 Å². The molecule has 1 fully saturated rings. The van der Waals surface area contributed by atoms with Crippen LogP contribution in [0.25, 0.3) is 17.5 Å². The van der Waals surface area contributed by atoms with Crippen molar-refractivity contribution in [1.82, 2.24) is 15.0 Å². The highest BCUT2D eigenvalue weighted by atomic mass is 19.4. The van der Waals surface area contributed by atoms with E-state index in [0.717, 1.165) is 24.3 Å². The highest BCUT2D eigenvalue weighted by Crippen LogP contribution is 2.39. The minimum absolute atomic E-state index is 0.0209. The lowest BCUT2D eigenvalue weighted by atomic mass is 10.1. The summed E-state index contributed by atoms with van der Waals surface area (Å²) in [4.78, 5) is 5.75. The summed E-state index contributed by atoms with van der Waals surface area (Å²) in [6.45, 7) is 0.154. The van der Waals surface area contributed by atoms with Gasteiger partial charge in [0.15, 0.2) is 0 Å². The number of halogens is 6. The Hall–Kier alpha value is -4.23. The molecule has 0 bridgehead atoms. The number of oxime groups is 1. The maximum absolute atomic E-state index is 13.8. The van der Waals surface area contributed by atoms with Gasteiger partial charge in [0.1, 0.15) is 18.4 Å². The molecule has 14 heteroatoms. The number of aromatic nitrogens is 2. The van der Waals surface area contributed by atoms with Crippen molar-refractivity contribution in [3.8, 4) is 17.1 Å². The van der Waals surface area contributed by atoms with E-state index < -0.39 is 35.3 Å². The minimum Gasteiger partial charge on any atom is -0.489 e. The summed E-state index contributed by atoms with van der Waals surface area (Å²) in [6, 6.07) is 7.25. The third-order valence-electron chi connectivity index (χ3n) is 5.78. The van der Waals surface area contributed by atoms with Gasteiger partial charge in [0.2, 0.25) is 17.7 Å². The first kappa shape index (κ1) is 26.8. The molecule has 1 aromatic heterocycles. The van der Waals surface area contributed by atoms with Gasteiger partial charge >= 0.3 is 12.4 Å². The number of alkyl halides is 6. The van der Waals surface area contributed by atoms with Crippen LogP contribution in [0.4, 0.5) is 26.3 Å². The van der Waals surface area contributed by atoms with Crippen LogP contribution >= 0.6 is 0 Å². The molecular weight excluding hydrogens is 520 g/mol. The van der Waals surface area contributed by atoms with Crippen LogP contribution in [-0.4, -0.2) is 39.4 Å². The lowest BCUT2D eigenvalue weighted by molar-refractivity contribution is -0.139. The molecule has 3 aromatic rings. The molecule has 1 saturated heterocycles. The number of guanidine groups is 1. The third kappa shape index (κ3) is 6.01. The van der Waals surface area contributed by atoms with E-state index in [1.54, 1.807) is 4.90 Å². The molecule has 0 amide bonds. The smallest absolute Gasteiger partial charge is 0.419 e. The number of benzene rings is 2. The fourth-order valence-corrected chi connectivity index (χ4v) is 4.00. The largest absolute Gasteiger partial charge is 0.489 e. The van der Waals surface area contributed by atoms with Crippen molar-refractivity contribution in [3.63, 3.8) is 0 Å². The van der Waals surface area contributed by atoms with Gasteiger partial charge in [0.25, 0.3) is 0 Å². The Balaban J connectivity index is 1.50. The third-order valence-corrected chi connectivity index (χ3v) is 5.78. The number of nitrogens with zero attached hydrogens (tertiary/aromatic N) is 4. The summed E-state index contributed by atoms with van der Waals surface area (Å²) < 4.78 is 90.4. The molecule has 0 aliphatic carbocycles. The quantitative estimate of drug-likeness (QED) is 0.135. The molecule has 8 nitrogen and oxygen atoms in total. The summed E-state index contributed by atoms with van der Waals surface area (Å²) in [6.07, 6.45) is -5.41. The van der Waals surface area contributed by atoms with Gasteiger partial charge in [-0.3, -0.25) is 0 Å². The van der Waals surface area contributed by atoms with Crippen LogP contribution in [0.5, 0.6) is 5.75 Å². The molecule has 0 spiro atoms. The fraction of sp³-hybridized carbons (Fsp3) is 0.292. The second-order valence-corrected chi connectivity index (χ2v) is 8.31. The van der Waals surface area contributed by atoms with Gasteiger partial charge in [-0.2, -0.15) is 31.3 Å². The van der Waals surface area contributed by atoms with Gasteiger partial charge in [-0.15, -0.1) is 0 Å². The summed E-state index contributed by atoms with van der Waals surface area (Å²) in [5.74, 6) is -0.603. The van der Waals surface area contributed by atoms with Gasteiger partial charge in [0, 0.05) is 12.1 Å². The number of nitrogens with two attached hydrogens (primary N) is 1. The van der Waals surface area contributed by atoms with E-state index in [1.807, 2.05) is 0 Å². The Morgan fingerprint density at radius 3 is 2.66 bits per heavy atom. The Bertz CT molecular complexity index is 1340. The lowest BCUT2D eigenvalue weighted by Gasteiger charge is -2.21. The zero-order chi connectivity index (χ0) is 27.5. The van der Waals surface area contributed by atoms with Crippen LogP contribution in [0.15, 0.2) is 58.2 Å². The Morgan fingerprint density at radius 1 is 1.16 bits per heavy atom. The molecule has 38 heavy (non-hydrogen) atoms. The average molecular weight is 541 g/mol. The number of likely N-dealkylation sites (tertiary alicyclic amines) is 1. The molecule has 4 rings (SSSR count). The van der Waals surface area contributed by atoms with Crippen LogP contribution in [0.3, 0.4) is 0 Å². The van der Waals surface area contributed by atoms with Crippen molar-refractivity contribution in [3.05, 3.63) is 71.1 Å². The van der Waals surface area contributed by atoms with Crippen LogP contribution in [0.1, 0.15) is 41.5 Å². The fourth-order valence-electron chi connectivity index (χ4n) is 4.00. The summed E-state index contributed by atoms with van der Waals surface area (Å²) >= 11 is 0. The first-order valence-electron chi connectivity index (χ1n) is 11.2. The zero-order valence-electron chi connectivity index (χ0n) is 19.5. The van der Waals surface area contributed by atoms with Crippen LogP contribution < -0.4 is 10.5 Å². The molecule has 1 aliphatic heterocycles. The normalized spacial score (nSPS) is 16.9. The Kier molecular flexibility index (Phi) is 7.51. The zero-order valence-corrected chi connectivity index (χ0v) is 19.5. The van der Waals surface area contributed by atoms with Crippen molar-refractivity contribution in [1.29, 1.82) is 0 Å². The highest BCUT2D eigenvalue weighted by Gasteiger charge is 2.36. The standard InChI is InChI=1S/C24H21F6N5O3/c25-23(26,27)16-6-1-4-14(12-16)5-3-11-37-19-9-8-15(13-17(19)24(28,29)30)20-32-21(38-34-20)18-7-2-10-35(18)22(31)33-36/h1,3-6,8-9,12-13,18,36H,2,7,10-11H2,(H2,31,33)/b5-3+/t18-/m0/s1. The van der Waals surface area contributed by atoms with E-state index in [4.69, 9.17) is 20.2 Å². The van der Waals surface area contributed by atoms with Crippen molar-refractivity contribution in [2.75, 3.05) is 13.2 Å². The van der Waals surface area contributed by atoms with E-state index in [1.165, 1.54) is 30.4 Å². The second-order valence-electron chi connectivity index (χ2n) is 8.31. The number of rotatable bonds is 6. The molecule has 3 N–H and O–H groups in total. The lowest BCUT2D eigenvalue weighted by Crippen LogP contribution is -2.36. The maximum atomic E-state index is 13.8. The summed E-state index contributed by atoms with van der Waals surface area (Å²) in [7, 11) is 0. The van der Waals surface area contributed by atoms with Gasteiger partial charge in [-0.1, -0.05) is 28.5 Å². The van der Waals surface area contributed by atoms with Crippen LogP contribution in [0, 0.1) is 0 Å². The van der Waals surface area contributed by atoms with E-state index in [-0.39, 0.29) is 35.4 Å². The first-order valence-corrected chi connectivity index (χ1v) is 11.2. The van der Waals surface area contributed by atoms with Gasteiger partial charge < -0.3 is 25.1 Å². The molecule has 0 unspecified atom stereocenters. The predicted molar refractivity (Wildman–Crippen MR) is 123 cm³/mol. The van der Waals surface area contributed by atoms with E-state index in [9.17, 15) is 26.3 Å². The van der Waals surface area contributed by atoms with Gasteiger partial charge in [0.05, 0.1) is 11.1 Å². The SMILES string of the molecule is N/C(=N\O)N1CCC[C@H]1c1nc(-c2ccc(OC/C=C/c3cccc(C(F)(F)F)c3)c(C(F)(F)F)c2)no1. The summed E-state index contributed by atoms with van der Waals surface area (Å²) in [5, 5.41) is 15.7. The Morgan fingerprint density at radius 2 is 1.95 bits per heavy atom. The highest BCUT2D eigenvalue weighted by molar-refractivity contribution is 5.78. The molecule has 0 saturated carbocycles. The Labute approximate surface area is 212 Å². The van der Waals surface area contributed by atoms with E-state index >= 15 is 0 Å². The predicted octanol–water partition coefficient (Wildman–Crippen LogP) is 5.71. The van der Waals surface area contributed by atoms with Gasteiger partial charge in [-0.25, -0.2) is 0 Å². The molecule has 0 radical (unpaired) electrons. The molecule has 2 heterocycles. The number of hydrogen-bond acceptors (Lipinski definition) is 6. The molecule has 202 valence electrons. The second kappa shape index (κ2) is 10.6. The molecule has 1 aliphatic rings. The monoisotopic (exact) mass is 541 g/mol. The van der Waals surface area contributed by atoms with Crippen molar-refractivity contribution in [2.24, 2.45) is 10.9 Å². The van der Waals surface area contributed by atoms with Crippen molar-refractivity contribution in [2.45, 2.75) is 31.2 Å². The van der Waals surface area contributed by atoms with Crippen molar-refractivity contribution >= 4 is 12.0 Å². The summed E-state index contributed by atoms with van der Waals surface area (Å²) in [5.41, 5.74) is 3.97. The molecular formula is C24H21F6N5O3.